The quantitative estimate of drug-likeness (QED) is 0.505. The third-order valence-electron chi connectivity index (χ3n) is 7.11. The number of pyridine rings is 1. The molecule has 184 valence electrons. The number of fused-ring (bicyclic) bond motifs is 1. The third kappa shape index (κ3) is 5.23. The van der Waals surface area contributed by atoms with Crippen molar-refractivity contribution in [2.24, 2.45) is 5.92 Å². The molecule has 0 amide bonds. The van der Waals surface area contributed by atoms with Crippen LogP contribution in [0.2, 0.25) is 0 Å². The number of aryl methyl sites for hydroxylation is 2. The Morgan fingerprint density at radius 2 is 1.94 bits per heavy atom. The van der Waals surface area contributed by atoms with Crippen LogP contribution in [0.3, 0.4) is 0 Å². The number of methoxy groups -OCH3 is 1. The number of nitrogens with one attached hydrogen (secondary N) is 1. The van der Waals surface area contributed by atoms with E-state index in [2.05, 4.69) is 65.2 Å². The Kier molecular flexibility index (Phi) is 7.78. The molecule has 0 bridgehead atoms. The van der Waals surface area contributed by atoms with Crippen molar-refractivity contribution in [3.05, 3.63) is 51.1 Å². The second kappa shape index (κ2) is 10.8. The number of nitrogens with zero attached hydrogens (tertiary/aromatic N) is 5. The molecule has 8 heteroatoms. The van der Waals surface area contributed by atoms with Gasteiger partial charge in [0.1, 0.15) is 0 Å². The standard InChI is InChI=1S/C26H38N6O2/c1-17(2)24(25-28-29-30-32(25)11-12-34-5)31(21-9-7-6-8-10-21)16-20-15-22-19(4)13-18(3)14-23(22)27-26(20)33/h13-15,17,21,24H,6-12,16H2,1-5H3,(H,27,33). The lowest BCUT2D eigenvalue weighted by atomic mass is 9.90. The maximum atomic E-state index is 13.2. The van der Waals surface area contributed by atoms with Crippen LogP contribution < -0.4 is 5.56 Å². The van der Waals surface area contributed by atoms with Crippen molar-refractivity contribution < 1.29 is 4.74 Å². The first kappa shape index (κ1) is 24.5. The Bertz CT molecular complexity index is 1160. The van der Waals surface area contributed by atoms with E-state index in [0.717, 1.165) is 40.7 Å². The molecule has 0 spiro atoms. The largest absolute Gasteiger partial charge is 0.383 e. The summed E-state index contributed by atoms with van der Waals surface area (Å²) in [6, 6.07) is 6.70. The second-order valence-corrected chi connectivity index (χ2v) is 10.1. The van der Waals surface area contributed by atoms with Gasteiger partial charge in [-0.05, 0) is 66.3 Å². The lowest BCUT2D eigenvalue weighted by Gasteiger charge is -2.41. The molecule has 1 saturated carbocycles. The predicted octanol–water partition coefficient (Wildman–Crippen LogP) is 4.31. The molecule has 1 unspecified atom stereocenters. The summed E-state index contributed by atoms with van der Waals surface area (Å²) >= 11 is 0. The fraction of sp³-hybridized carbons (Fsp3) is 0.615. The molecule has 4 rings (SSSR count). The zero-order chi connectivity index (χ0) is 24.2. The number of aromatic amines is 1. The maximum absolute atomic E-state index is 13.2. The first-order chi connectivity index (χ1) is 16.4. The first-order valence-electron chi connectivity index (χ1n) is 12.5. The van der Waals surface area contributed by atoms with Crippen LogP contribution in [0.15, 0.2) is 23.0 Å². The van der Waals surface area contributed by atoms with Gasteiger partial charge in [-0.25, -0.2) is 4.68 Å². The number of ether oxygens (including phenoxy) is 1. The van der Waals surface area contributed by atoms with Crippen molar-refractivity contribution in [1.29, 1.82) is 0 Å². The molecule has 1 aliphatic rings. The molecule has 34 heavy (non-hydrogen) atoms. The maximum Gasteiger partial charge on any atom is 0.252 e. The topological polar surface area (TPSA) is 88.9 Å². The van der Waals surface area contributed by atoms with Crippen LogP contribution in [0.1, 0.15) is 74.5 Å². The molecular formula is C26H38N6O2. The zero-order valence-electron chi connectivity index (χ0n) is 21.2. The summed E-state index contributed by atoms with van der Waals surface area (Å²) < 4.78 is 7.15. The predicted molar refractivity (Wildman–Crippen MR) is 134 cm³/mol. The van der Waals surface area contributed by atoms with Gasteiger partial charge in [-0.3, -0.25) is 9.69 Å². The summed E-state index contributed by atoms with van der Waals surface area (Å²) in [5.41, 5.74) is 4.02. The lowest BCUT2D eigenvalue weighted by molar-refractivity contribution is 0.0597. The molecular weight excluding hydrogens is 428 g/mol. The summed E-state index contributed by atoms with van der Waals surface area (Å²) in [4.78, 5) is 18.9. The van der Waals surface area contributed by atoms with Crippen LogP contribution in [0.4, 0.5) is 0 Å². The van der Waals surface area contributed by atoms with Crippen molar-refractivity contribution in [2.75, 3.05) is 13.7 Å². The van der Waals surface area contributed by atoms with Gasteiger partial charge in [-0.2, -0.15) is 0 Å². The Hall–Kier alpha value is -2.58. The molecule has 8 nitrogen and oxygen atoms in total. The van der Waals surface area contributed by atoms with Crippen LogP contribution in [0.25, 0.3) is 10.9 Å². The molecule has 0 radical (unpaired) electrons. The van der Waals surface area contributed by atoms with Crippen molar-refractivity contribution in [3.8, 4) is 0 Å². The summed E-state index contributed by atoms with van der Waals surface area (Å²) in [7, 11) is 1.69. The van der Waals surface area contributed by atoms with Gasteiger partial charge in [-0.15, -0.1) is 5.10 Å². The fourth-order valence-corrected chi connectivity index (χ4v) is 5.49. The summed E-state index contributed by atoms with van der Waals surface area (Å²) in [5.74, 6) is 1.12. The Balaban J connectivity index is 1.76. The van der Waals surface area contributed by atoms with Gasteiger partial charge in [0.15, 0.2) is 5.82 Å². The molecule has 3 aromatic rings. The monoisotopic (exact) mass is 466 g/mol. The van der Waals surface area contributed by atoms with Gasteiger partial charge in [0, 0.05) is 36.2 Å². The molecule has 2 heterocycles. The average Bonchev–Trinajstić information content (AvgIpc) is 3.26. The Morgan fingerprint density at radius 3 is 2.65 bits per heavy atom. The SMILES string of the molecule is COCCn1nnnc1C(C(C)C)N(Cc1cc2c(C)cc(C)cc2[nH]c1=O)C1CCCCC1. The molecule has 0 aliphatic heterocycles. The molecule has 2 aromatic heterocycles. The zero-order valence-corrected chi connectivity index (χ0v) is 21.2. The van der Waals surface area contributed by atoms with Crippen molar-refractivity contribution in [2.45, 2.75) is 85.0 Å². The van der Waals surface area contributed by atoms with E-state index in [1.54, 1.807) is 7.11 Å². The minimum Gasteiger partial charge on any atom is -0.383 e. The van der Waals surface area contributed by atoms with Gasteiger partial charge < -0.3 is 9.72 Å². The number of rotatable bonds is 9. The minimum atomic E-state index is -0.0141. The van der Waals surface area contributed by atoms with Gasteiger partial charge >= 0.3 is 0 Å². The number of benzene rings is 1. The van der Waals surface area contributed by atoms with E-state index in [9.17, 15) is 4.79 Å². The van der Waals surface area contributed by atoms with Crippen LogP contribution in [0.5, 0.6) is 0 Å². The van der Waals surface area contributed by atoms with Gasteiger partial charge in [-0.1, -0.05) is 39.2 Å². The number of aromatic nitrogens is 5. The van der Waals surface area contributed by atoms with E-state index in [1.807, 2.05) is 10.7 Å². The Labute approximate surface area is 201 Å². The number of hydrogen-bond donors (Lipinski definition) is 1. The average molecular weight is 467 g/mol. The summed E-state index contributed by atoms with van der Waals surface area (Å²) in [6.45, 7) is 10.3. The second-order valence-electron chi connectivity index (χ2n) is 10.1. The summed E-state index contributed by atoms with van der Waals surface area (Å²) in [6.07, 6.45) is 5.97. The molecule has 1 atom stereocenters. The van der Waals surface area contributed by atoms with Gasteiger partial charge in [0.25, 0.3) is 5.56 Å². The summed E-state index contributed by atoms with van der Waals surface area (Å²) in [5, 5.41) is 13.8. The van der Waals surface area contributed by atoms with Gasteiger partial charge in [0.2, 0.25) is 0 Å². The molecule has 1 fully saturated rings. The first-order valence-corrected chi connectivity index (χ1v) is 12.5. The van der Waals surface area contributed by atoms with Crippen LogP contribution in [0, 0.1) is 19.8 Å². The lowest BCUT2D eigenvalue weighted by Crippen LogP contribution is -2.43. The highest BCUT2D eigenvalue weighted by molar-refractivity contribution is 5.83. The Morgan fingerprint density at radius 1 is 1.18 bits per heavy atom. The fourth-order valence-electron chi connectivity index (χ4n) is 5.49. The van der Waals surface area contributed by atoms with Crippen LogP contribution in [-0.4, -0.2) is 49.8 Å². The highest BCUT2D eigenvalue weighted by Gasteiger charge is 2.34. The van der Waals surface area contributed by atoms with Crippen molar-refractivity contribution in [1.82, 2.24) is 30.1 Å². The van der Waals surface area contributed by atoms with Gasteiger partial charge in [0.05, 0.1) is 19.2 Å². The number of tetrazole rings is 1. The van der Waals surface area contributed by atoms with E-state index in [0.29, 0.717) is 25.7 Å². The van der Waals surface area contributed by atoms with E-state index < -0.39 is 0 Å². The highest BCUT2D eigenvalue weighted by Crippen LogP contribution is 2.35. The normalized spacial score (nSPS) is 16.1. The van der Waals surface area contributed by atoms with E-state index >= 15 is 0 Å². The molecule has 1 aliphatic carbocycles. The van der Waals surface area contributed by atoms with E-state index in [1.165, 1.54) is 24.8 Å². The van der Waals surface area contributed by atoms with E-state index in [4.69, 9.17) is 4.74 Å². The van der Waals surface area contributed by atoms with E-state index in [-0.39, 0.29) is 17.5 Å². The van der Waals surface area contributed by atoms with Crippen molar-refractivity contribution in [3.63, 3.8) is 0 Å². The van der Waals surface area contributed by atoms with Crippen LogP contribution in [-0.2, 0) is 17.8 Å². The molecule has 0 saturated heterocycles. The highest BCUT2D eigenvalue weighted by atomic mass is 16.5. The number of H-pyrrole nitrogens is 1. The van der Waals surface area contributed by atoms with Crippen molar-refractivity contribution >= 4 is 10.9 Å². The molecule has 1 aromatic carbocycles. The minimum absolute atomic E-state index is 0.00386. The van der Waals surface area contributed by atoms with Crippen LogP contribution >= 0.6 is 0 Å². The smallest absolute Gasteiger partial charge is 0.252 e. The number of hydrogen-bond acceptors (Lipinski definition) is 6. The molecule has 1 N–H and O–H groups in total. The third-order valence-corrected chi connectivity index (χ3v) is 7.11.